The van der Waals surface area contributed by atoms with Gasteiger partial charge in [0.1, 0.15) is 4.21 Å². The molecular weight excluding hydrogens is 390 g/mol. The summed E-state index contributed by atoms with van der Waals surface area (Å²) in [7, 11) is 2.08. The lowest BCUT2D eigenvalue weighted by Gasteiger charge is -2.23. The average Bonchev–Trinajstić information content (AvgIpc) is 3.28. The van der Waals surface area contributed by atoms with Crippen molar-refractivity contribution in [2.24, 2.45) is 0 Å². The second-order valence-corrected chi connectivity index (χ2v) is 10.4. The van der Waals surface area contributed by atoms with Crippen LogP contribution in [0.15, 0.2) is 39.2 Å². The van der Waals surface area contributed by atoms with Gasteiger partial charge in [-0.1, -0.05) is 12.1 Å². The molecule has 0 saturated heterocycles. The van der Waals surface area contributed by atoms with Crippen molar-refractivity contribution in [3.05, 3.63) is 39.9 Å². The summed E-state index contributed by atoms with van der Waals surface area (Å²) in [6.45, 7) is 0.853. The van der Waals surface area contributed by atoms with Crippen LogP contribution in [-0.2, 0) is 14.8 Å². The van der Waals surface area contributed by atoms with Crippen LogP contribution in [0.5, 0.6) is 0 Å². The Bertz CT molecular complexity index is 772. The van der Waals surface area contributed by atoms with Gasteiger partial charge in [0.05, 0.1) is 6.04 Å². The van der Waals surface area contributed by atoms with Gasteiger partial charge in [0, 0.05) is 31.4 Å². The van der Waals surface area contributed by atoms with E-state index in [2.05, 4.69) is 16.3 Å². The summed E-state index contributed by atoms with van der Waals surface area (Å²) in [4.78, 5) is 15.4. The van der Waals surface area contributed by atoms with Crippen LogP contribution in [0.2, 0.25) is 0 Å². The molecule has 0 aliphatic rings. The highest BCUT2D eigenvalue weighted by atomic mass is 32.2. The number of hydrogen-bond donors (Lipinski definition) is 1. The quantitative estimate of drug-likeness (QED) is 0.648. The van der Waals surface area contributed by atoms with Crippen LogP contribution in [0, 0.1) is 0 Å². The Morgan fingerprint density at radius 3 is 2.42 bits per heavy atom. The maximum absolute atomic E-state index is 12.3. The van der Waals surface area contributed by atoms with Gasteiger partial charge in [-0.25, -0.2) is 12.7 Å². The van der Waals surface area contributed by atoms with Crippen molar-refractivity contribution in [3.63, 3.8) is 0 Å². The summed E-state index contributed by atoms with van der Waals surface area (Å²) in [6, 6.07) is 7.51. The molecule has 9 heteroatoms. The van der Waals surface area contributed by atoms with Crippen LogP contribution >= 0.6 is 22.7 Å². The molecule has 6 nitrogen and oxygen atoms in total. The van der Waals surface area contributed by atoms with Gasteiger partial charge in [-0.15, -0.1) is 22.7 Å². The van der Waals surface area contributed by atoms with Gasteiger partial charge in [-0.3, -0.25) is 4.79 Å². The molecule has 1 N–H and O–H groups in total. The minimum absolute atomic E-state index is 0.0599. The van der Waals surface area contributed by atoms with E-state index in [0.717, 1.165) is 0 Å². The van der Waals surface area contributed by atoms with E-state index in [1.165, 1.54) is 20.5 Å². The van der Waals surface area contributed by atoms with Crippen molar-refractivity contribution in [2.75, 3.05) is 34.2 Å². The first-order valence-corrected chi connectivity index (χ1v) is 11.5. The predicted octanol–water partition coefficient (Wildman–Crippen LogP) is 2.63. The first-order chi connectivity index (χ1) is 12.3. The Morgan fingerprint density at radius 1 is 1.15 bits per heavy atom. The Morgan fingerprint density at radius 2 is 1.85 bits per heavy atom. The molecular formula is C17H25N3O3S3. The number of carbonyl (C=O) groups excluding carboxylic acids is 1. The summed E-state index contributed by atoms with van der Waals surface area (Å²) in [5, 5.41) is 6.72. The van der Waals surface area contributed by atoms with Crippen LogP contribution in [0.25, 0.3) is 0 Å². The normalized spacial score (nSPS) is 13.3. The number of hydrogen-bond acceptors (Lipinski definition) is 6. The zero-order valence-electron chi connectivity index (χ0n) is 15.2. The second-order valence-electron chi connectivity index (χ2n) is 6.16. The Hall–Kier alpha value is -1.26. The number of rotatable bonds is 10. The summed E-state index contributed by atoms with van der Waals surface area (Å²) >= 11 is 2.87. The Kier molecular flexibility index (Phi) is 7.78. The summed E-state index contributed by atoms with van der Waals surface area (Å²) in [5.74, 6) is -0.0599. The number of thiophene rings is 2. The van der Waals surface area contributed by atoms with Crippen LogP contribution in [-0.4, -0.2) is 57.8 Å². The number of nitrogens with zero attached hydrogens (tertiary/aromatic N) is 2. The van der Waals surface area contributed by atoms with Gasteiger partial charge in [-0.05, 0) is 43.4 Å². The molecule has 0 aromatic carbocycles. The Labute approximate surface area is 163 Å². The topological polar surface area (TPSA) is 69.7 Å². The molecule has 0 spiro atoms. The van der Waals surface area contributed by atoms with E-state index in [1.54, 1.807) is 35.9 Å². The summed E-state index contributed by atoms with van der Waals surface area (Å²) < 4.78 is 26.3. The molecule has 2 heterocycles. The molecule has 2 aromatic heterocycles. The predicted molar refractivity (Wildman–Crippen MR) is 107 cm³/mol. The number of nitrogens with one attached hydrogen (secondary N) is 1. The van der Waals surface area contributed by atoms with Crippen LogP contribution in [0.1, 0.15) is 23.8 Å². The fourth-order valence-corrected chi connectivity index (χ4v) is 5.80. The van der Waals surface area contributed by atoms with Crippen molar-refractivity contribution >= 4 is 38.6 Å². The minimum Gasteiger partial charge on any atom is -0.354 e. The smallest absolute Gasteiger partial charge is 0.252 e. The molecule has 0 unspecified atom stereocenters. The third-order valence-electron chi connectivity index (χ3n) is 4.02. The molecule has 0 saturated carbocycles. The van der Waals surface area contributed by atoms with E-state index < -0.39 is 10.0 Å². The summed E-state index contributed by atoms with van der Waals surface area (Å²) in [6.07, 6.45) is 0.785. The number of carbonyl (C=O) groups is 1. The molecule has 2 rings (SSSR count). The number of sulfonamides is 1. The maximum atomic E-state index is 12.3. The van der Waals surface area contributed by atoms with Crippen molar-refractivity contribution in [1.82, 2.24) is 14.5 Å². The zero-order valence-corrected chi connectivity index (χ0v) is 17.7. The largest absolute Gasteiger partial charge is 0.354 e. The van der Waals surface area contributed by atoms with E-state index in [-0.39, 0.29) is 11.9 Å². The van der Waals surface area contributed by atoms with Gasteiger partial charge >= 0.3 is 0 Å². The molecule has 0 radical (unpaired) electrons. The Balaban J connectivity index is 1.76. The first kappa shape index (κ1) is 21.0. The van der Waals surface area contributed by atoms with Crippen LogP contribution < -0.4 is 5.32 Å². The van der Waals surface area contributed by atoms with Gasteiger partial charge in [0.2, 0.25) is 5.91 Å². The lowest BCUT2D eigenvalue weighted by atomic mass is 10.2. The lowest BCUT2D eigenvalue weighted by Crippen LogP contribution is -2.34. The molecule has 0 aliphatic carbocycles. The number of likely N-dealkylation sites (N-methyl/N-ethyl adjacent to an activating group) is 1. The molecule has 1 amide bonds. The van der Waals surface area contributed by atoms with E-state index in [9.17, 15) is 13.2 Å². The third-order valence-corrected chi connectivity index (χ3v) is 8.23. The van der Waals surface area contributed by atoms with Gasteiger partial charge in [-0.2, -0.15) is 0 Å². The molecule has 0 bridgehead atoms. The highest BCUT2D eigenvalue weighted by Crippen LogP contribution is 2.22. The third kappa shape index (κ3) is 5.62. The highest BCUT2D eigenvalue weighted by molar-refractivity contribution is 7.91. The fraction of sp³-hybridized carbons (Fsp3) is 0.471. The summed E-state index contributed by atoms with van der Waals surface area (Å²) in [5.41, 5.74) is 0. The zero-order chi connectivity index (χ0) is 19.2. The molecule has 2 aromatic rings. The number of amides is 1. The van der Waals surface area contributed by atoms with Crippen molar-refractivity contribution in [1.29, 1.82) is 0 Å². The van der Waals surface area contributed by atoms with E-state index >= 15 is 0 Å². The van der Waals surface area contributed by atoms with Crippen molar-refractivity contribution in [3.8, 4) is 0 Å². The van der Waals surface area contributed by atoms with Gasteiger partial charge < -0.3 is 10.2 Å². The minimum atomic E-state index is -3.45. The SMILES string of the molecule is CN(C)[C@H](CNC(=O)CCCN(C)S(=O)(=O)c1cccs1)c1cccs1. The first-order valence-electron chi connectivity index (χ1n) is 8.28. The van der Waals surface area contributed by atoms with E-state index in [1.807, 2.05) is 25.5 Å². The van der Waals surface area contributed by atoms with Gasteiger partial charge in [0.15, 0.2) is 0 Å². The van der Waals surface area contributed by atoms with Crippen LogP contribution in [0.3, 0.4) is 0 Å². The molecule has 1 atom stereocenters. The molecule has 144 valence electrons. The monoisotopic (exact) mass is 415 g/mol. The molecule has 26 heavy (non-hydrogen) atoms. The van der Waals surface area contributed by atoms with Gasteiger partial charge in [0.25, 0.3) is 10.0 Å². The lowest BCUT2D eigenvalue weighted by molar-refractivity contribution is -0.121. The maximum Gasteiger partial charge on any atom is 0.252 e. The molecule has 0 aliphatic heterocycles. The second kappa shape index (κ2) is 9.61. The molecule has 0 fully saturated rings. The van der Waals surface area contributed by atoms with E-state index in [4.69, 9.17) is 0 Å². The van der Waals surface area contributed by atoms with Crippen LogP contribution in [0.4, 0.5) is 0 Å². The standard InChI is InChI=1S/C17H25N3O3S3/c1-19(2)14(15-7-5-11-24-15)13-18-16(21)8-4-10-20(3)26(22,23)17-9-6-12-25-17/h5-7,9,11-12,14H,4,8,10,13H2,1-3H3,(H,18,21)/t14-/m1/s1. The fourth-order valence-electron chi connectivity index (χ4n) is 2.46. The highest BCUT2D eigenvalue weighted by Gasteiger charge is 2.21. The van der Waals surface area contributed by atoms with Crippen molar-refractivity contribution < 1.29 is 13.2 Å². The van der Waals surface area contributed by atoms with Crippen molar-refractivity contribution in [2.45, 2.75) is 23.1 Å². The van der Waals surface area contributed by atoms with E-state index in [0.29, 0.717) is 30.1 Å². The average molecular weight is 416 g/mol.